The molecule has 1 aromatic heterocycles. The molecular weight excluding hydrogens is 442 g/mol. The van der Waals surface area contributed by atoms with Crippen molar-refractivity contribution in [2.45, 2.75) is 17.9 Å². The SMILES string of the molecule is CC(NC(=O)c1ccc2c(=O)n(-c3ccccc3)c(=O)[nH]c2c1)c1ccc(S(C)(=O)=O)cc1. The Morgan fingerprint density at radius 1 is 0.970 bits per heavy atom. The van der Waals surface area contributed by atoms with E-state index in [2.05, 4.69) is 10.3 Å². The summed E-state index contributed by atoms with van der Waals surface area (Å²) in [6.45, 7) is 1.77. The zero-order valence-corrected chi connectivity index (χ0v) is 18.7. The van der Waals surface area contributed by atoms with Crippen molar-refractivity contribution in [1.82, 2.24) is 14.9 Å². The van der Waals surface area contributed by atoms with Gasteiger partial charge in [0.05, 0.1) is 27.5 Å². The van der Waals surface area contributed by atoms with Crippen LogP contribution in [0.3, 0.4) is 0 Å². The van der Waals surface area contributed by atoms with E-state index < -0.39 is 33.0 Å². The summed E-state index contributed by atoms with van der Waals surface area (Å²) in [6.07, 6.45) is 1.13. The number of nitrogens with one attached hydrogen (secondary N) is 2. The number of H-pyrrole nitrogens is 1. The van der Waals surface area contributed by atoms with Crippen molar-refractivity contribution >= 4 is 26.6 Å². The molecule has 0 fully saturated rings. The number of fused-ring (bicyclic) bond motifs is 1. The summed E-state index contributed by atoms with van der Waals surface area (Å²) in [7, 11) is -3.30. The number of rotatable bonds is 5. The molecule has 0 spiro atoms. The van der Waals surface area contributed by atoms with Gasteiger partial charge in [0.25, 0.3) is 11.5 Å². The molecule has 1 heterocycles. The first-order valence-corrected chi connectivity index (χ1v) is 12.0. The summed E-state index contributed by atoms with van der Waals surface area (Å²) < 4.78 is 24.3. The average molecular weight is 464 g/mol. The number of sulfone groups is 1. The molecule has 0 aliphatic rings. The van der Waals surface area contributed by atoms with Crippen LogP contribution in [0, 0.1) is 0 Å². The van der Waals surface area contributed by atoms with Crippen LogP contribution in [0.15, 0.2) is 87.3 Å². The normalized spacial score (nSPS) is 12.4. The maximum Gasteiger partial charge on any atom is 0.333 e. The number of hydrogen-bond acceptors (Lipinski definition) is 5. The van der Waals surface area contributed by atoms with E-state index in [-0.39, 0.29) is 21.4 Å². The number of aromatic amines is 1. The zero-order chi connectivity index (χ0) is 23.8. The van der Waals surface area contributed by atoms with E-state index in [9.17, 15) is 22.8 Å². The summed E-state index contributed by atoms with van der Waals surface area (Å²) in [4.78, 5) is 41.1. The van der Waals surface area contributed by atoms with Crippen molar-refractivity contribution in [3.05, 3.63) is 105 Å². The highest BCUT2D eigenvalue weighted by molar-refractivity contribution is 7.90. The molecule has 9 heteroatoms. The summed E-state index contributed by atoms with van der Waals surface area (Å²) in [6, 6.07) is 18.9. The standard InChI is InChI=1S/C24H21N3O5S/c1-15(16-8-11-19(12-9-16)33(2,31)32)25-22(28)17-10-13-20-21(14-17)26-24(30)27(23(20)29)18-6-4-3-5-7-18/h3-15H,1-2H3,(H,25,28)(H,26,30). The first-order chi connectivity index (χ1) is 15.6. The van der Waals surface area contributed by atoms with Gasteiger partial charge in [-0.1, -0.05) is 30.3 Å². The topological polar surface area (TPSA) is 118 Å². The smallest absolute Gasteiger partial charge is 0.333 e. The zero-order valence-electron chi connectivity index (χ0n) is 17.9. The van der Waals surface area contributed by atoms with E-state index in [1.807, 2.05) is 0 Å². The lowest BCUT2D eigenvalue weighted by Gasteiger charge is -2.15. The van der Waals surface area contributed by atoms with E-state index in [0.29, 0.717) is 5.69 Å². The van der Waals surface area contributed by atoms with Crippen molar-refractivity contribution in [2.24, 2.45) is 0 Å². The van der Waals surface area contributed by atoms with Crippen LogP contribution in [0.5, 0.6) is 0 Å². The highest BCUT2D eigenvalue weighted by Crippen LogP contribution is 2.18. The van der Waals surface area contributed by atoms with Crippen LogP contribution < -0.4 is 16.6 Å². The molecule has 33 heavy (non-hydrogen) atoms. The lowest BCUT2D eigenvalue weighted by Crippen LogP contribution is -2.33. The second kappa shape index (κ2) is 8.51. The molecule has 168 valence electrons. The van der Waals surface area contributed by atoms with E-state index in [1.165, 1.54) is 30.3 Å². The Kier molecular flexibility index (Phi) is 5.73. The number of carbonyl (C=O) groups excluding carboxylic acids is 1. The van der Waals surface area contributed by atoms with Gasteiger partial charge in [0.15, 0.2) is 9.84 Å². The minimum absolute atomic E-state index is 0.199. The fourth-order valence-electron chi connectivity index (χ4n) is 3.54. The molecule has 1 atom stereocenters. The lowest BCUT2D eigenvalue weighted by atomic mass is 10.1. The van der Waals surface area contributed by atoms with Crippen molar-refractivity contribution in [2.75, 3.05) is 6.26 Å². The molecule has 0 aliphatic carbocycles. The van der Waals surface area contributed by atoms with Gasteiger partial charge in [-0.2, -0.15) is 0 Å². The number of nitrogens with zero attached hydrogens (tertiary/aromatic N) is 1. The van der Waals surface area contributed by atoms with E-state index in [4.69, 9.17) is 0 Å². The number of carbonyl (C=O) groups is 1. The Morgan fingerprint density at radius 2 is 1.64 bits per heavy atom. The van der Waals surface area contributed by atoms with Crippen LogP contribution in [0.25, 0.3) is 16.6 Å². The molecule has 0 saturated heterocycles. The van der Waals surface area contributed by atoms with Gasteiger partial charge in [-0.05, 0) is 55.0 Å². The van der Waals surface area contributed by atoms with Crippen LogP contribution in [0.4, 0.5) is 0 Å². The third kappa shape index (κ3) is 4.49. The van der Waals surface area contributed by atoms with Gasteiger partial charge in [-0.3, -0.25) is 9.59 Å². The summed E-state index contributed by atoms with van der Waals surface area (Å²) >= 11 is 0. The van der Waals surface area contributed by atoms with Crippen molar-refractivity contribution in [3.8, 4) is 5.69 Å². The van der Waals surface area contributed by atoms with Crippen molar-refractivity contribution < 1.29 is 13.2 Å². The number of benzene rings is 3. The fourth-order valence-corrected chi connectivity index (χ4v) is 4.17. The molecule has 0 radical (unpaired) electrons. The van der Waals surface area contributed by atoms with Gasteiger partial charge in [0, 0.05) is 11.8 Å². The molecule has 2 N–H and O–H groups in total. The van der Waals surface area contributed by atoms with E-state index in [1.54, 1.807) is 49.4 Å². The number of aromatic nitrogens is 2. The molecular formula is C24H21N3O5S. The molecule has 8 nitrogen and oxygen atoms in total. The largest absolute Gasteiger partial charge is 0.346 e. The van der Waals surface area contributed by atoms with Gasteiger partial charge in [-0.25, -0.2) is 17.8 Å². The van der Waals surface area contributed by atoms with Crippen LogP contribution in [0.2, 0.25) is 0 Å². The van der Waals surface area contributed by atoms with Crippen LogP contribution in [-0.2, 0) is 9.84 Å². The quantitative estimate of drug-likeness (QED) is 0.472. The molecule has 0 saturated carbocycles. The summed E-state index contributed by atoms with van der Waals surface area (Å²) in [5.41, 5.74) is 0.630. The van der Waals surface area contributed by atoms with Crippen molar-refractivity contribution in [3.63, 3.8) is 0 Å². The fraction of sp³-hybridized carbons (Fsp3) is 0.125. The van der Waals surface area contributed by atoms with Gasteiger partial charge in [0.1, 0.15) is 0 Å². The molecule has 0 bridgehead atoms. The molecule has 1 amide bonds. The van der Waals surface area contributed by atoms with Gasteiger partial charge in [0.2, 0.25) is 0 Å². The highest BCUT2D eigenvalue weighted by atomic mass is 32.2. The van der Waals surface area contributed by atoms with Gasteiger partial charge < -0.3 is 10.3 Å². The van der Waals surface area contributed by atoms with Crippen LogP contribution in [0.1, 0.15) is 28.9 Å². The van der Waals surface area contributed by atoms with Crippen LogP contribution >= 0.6 is 0 Å². The second-order valence-electron chi connectivity index (χ2n) is 7.70. The van der Waals surface area contributed by atoms with Gasteiger partial charge >= 0.3 is 5.69 Å². The first-order valence-electron chi connectivity index (χ1n) is 10.1. The third-order valence-electron chi connectivity index (χ3n) is 5.33. The van der Waals surface area contributed by atoms with Crippen molar-refractivity contribution in [1.29, 1.82) is 0 Å². The Hall–Kier alpha value is -3.98. The predicted molar refractivity (Wildman–Crippen MR) is 126 cm³/mol. The minimum atomic E-state index is -3.30. The monoisotopic (exact) mass is 463 g/mol. The van der Waals surface area contributed by atoms with Gasteiger partial charge in [-0.15, -0.1) is 0 Å². The Balaban J connectivity index is 1.61. The average Bonchev–Trinajstić information content (AvgIpc) is 2.79. The minimum Gasteiger partial charge on any atom is -0.346 e. The maximum atomic E-state index is 12.9. The van der Waals surface area contributed by atoms with E-state index >= 15 is 0 Å². The second-order valence-corrected chi connectivity index (χ2v) is 9.72. The first kappa shape index (κ1) is 22.2. The molecule has 1 unspecified atom stereocenters. The Morgan fingerprint density at radius 3 is 2.27 bits per heavy atom. The third-order valence-corrected chi connectivity index (χ3v) is 6.46. The van der Waals surface area contributed by atoms with Crippen LogP contribution in [-0.4, -0.2) is 30.1 Å². The molecule has 0 aliphatic heterocycles. The molecule has 4 rings (SSSR count). The summed E-state index contributed by atoms with van der Waals surface area (Å²) in [5.74, 6) is -0.398. The Bertz CT molecular complexity index is 1570. The number of hydrogen-bond donors (Lipinski definition) is 2. The molecule has 3 aromatic carbocycles. The Labute approximate surface area is 189 Å². The summed E-state index contributed by atoms with van der Waals surface area (Å²) in [5, 5.41) is 3.12. The molecule has 4 aromatic rings. The number of amides is 1. The maximum absolute atomic E-state index is 12.9. The highest BCUT2D eigenvalue weighted by Gasteiger charge is 2.15. The lowest BCUT2D eigenvalue weighted by molar-refractivity contribution is 0.0940. The predicted octanol–water partition coefficient (Wildman–Crippen LogP) is 2.57. The van der Waals surface area contributed by atoms with E-state index in [0.717, 1.165) is 16.4 Å². The number of para-hydroxylation sites is 1.